The molecule has 1 aromatic rings. The second-order valence-electron chi connectivity index (χ2n) is 7.42. The van der Waals surface area contributed by atoms with Crippen LogP contribution >= 0.6 is 11.8 Å². The van der Waals surface area contributed by atoms with Crippen molar-refractivity contribution in [3.8, 4) is 0 Å². The van der Waals surface area contributed by atoms with Gasteiger partial charge in [0.15, 0.2) is 0 Å². The number of hydrogen-bond donors (Lipinski definition) is 1. The third kappa shape index (κ3) is 3.49. The molecule has 2 aliphatic rings. The first-order valence-corrected chi connectivity index (χ1v) is 10.4. The summed E-state index contributed by atoms with van der Waals surface area (Å²) in [6, 6.07) is 5.68. The average molecular weight is 376 g/mol. The van der Waals surface area contributed by atoms with Crippen molar-refractivity contribution in [2.75, 3.05) is 31.2 Å². The molecule has 1 N–H and O–H groups in total. The minimum atomic E-state index is -0.398. The minimum Gasteiger partial charge on any atom is -0.324 e. The summed E-state index contributed by atoms with van der Waals surface area (Å²) in [5.41, 5.74) is 3.09. The van der Waals surface area contributed by atoms with Crippen molar-refractivity contribution in [1.29, 1.82) is 0 Å². The Morgan fingerprint density at radius 1 is 1.31 bits per heavy atom. The molecule has 2 heterocycles. The number of hydrogen-bond acceptors (Lipinski definition) is 4. The summed E-state index contributed by atoms with van der Waals surface area (Å²) >= 11 is 1.78. The van der Waals surface area contributed by atoms with Crippen LogP contribution in [0, 0.1) is 6.92 Å². The van der Waals surface area contributed by atoms with Crippen LogP contribution in [0.1, 0.15) is 37.8 Å². The van der Waals surface area contributed by atoms with Gasteiger partial charge in [0.1, 0.15) is 6.04 Å². The fourth-order valence-electron chi connectivity index (χ4n) is 4.12. The summed E-state index contributed by atoms with van der Waals surface area (Å²) in [5.74, 6) is 0.607. The fourth-order valence-corrected chi connectivity index (χ4v) is 5.76. The molecule has 0 aliphatic carbocycles. The quantitative estimate of drug-likeness (QED) is 0.883. The zero-order chi connectivity index (χ0) is 18.9. The van der Waals surface area contributed by atoms with Gasteiger partial charge in [-0.25, -0.2) is 0 Å². The van der Waals surface area contributed by atoms with E-state index >= 15 is 0 Å². The molecule has 26 heavy (non-hydrogen) atoms. The number of anilines is 1. The lowest BCUT2D eigenvalue weighted by molar-refractivity contribution is -0.140. The molecular formula is C20H29N3O2S. The molecule has 0 aromatic heterocycles. The number of carbonyl (C=O) groups excluding carboxylic acids is 2. The highest BCUT2D eigenvalue weighted by atomic mass is 32.2. The molecule has 5 nitrogen and oxygen atoms in total. The largest absolute Gasteiger partial charge is 0.324 e. The Morgan fingerprint density at radius 3 is 2.62 bits per heavy atom. The van der Waals surface area contributed by atoms with Gasteiger partial charge in [0.25, 0.3) is 0 Å². The maximum absolute atomic E-state index is 13.1. The van der Waals surface area contributed by atoms with Crippen LogP contribution in [0.3, 0.4) is 0 Å². The van der Waals surface area contributed by atoms with Crippen LogP contribution in [0.15, 0.2) is 18.2 Å². The van der Waals surface area contributed by atoms with Crippen LogP contribution in [0.25, 0.3) is 0 Å². The van der Waals surface area contributed by atoms with E-state index in [0.717, 1.165) is 49.2 Å². The summed E-state index contributed by atoms with van der Waals surface area (Å²) in [6.45, 7) is 7.62. The predicted molar refractivity (Wildman–Crippen MR) is 107 cm³/mol. The first kappa shape index (κ1) is 19.2. The Labute approximate surface area is 160 Å². The standard InChI is InChI=1S/C20H29N3O2S/c1-5-16-8-6-7-14(2)18(16)21-19(25)17-13-26-20(23(17)15(3)24)9-11-22(4)12-10-20/h6-8,17H,5,9-13H2,1-4H3,(H,21,25). The highest BCUT2D eigenvalue weighted by Gasteiger charge is 2.51. The Morgan fingerprint density at radius 2 is 2.00 bits per heavy atom. The molecule has 2 saturated heterocycles. The molecule has 6 heteroatoms. The number of nitrogens with one attached hydrogen (secondary N) is 1. The van der Waals surface area contributed by atoms with Crippen LogP contribution in [-0.2, 0) is 16.0 Å². The van der Waals surface area contributed by atoms with Crippen molar-refractivity contribution in [3.05, 3.63) is 29.3 Å². The smallest absolute Gasteiger partial charge is 0.248 e. The van der Waals surface area contributed by atoms with Gasteiger partial charge < -0.3 is 15.1 Å². The molecule has 1 aromatic carbocycles. The number of para-hydroxylation sites is 1. The normalized spacial score (nSPS) is 22.6. The number of carbonyl (C=O) groups is 2. The maximum Gasteiger partial charge on any atom is 0.248 e. The number of likely N-dealkylation sites (tertiary alicyclic amines) is 1. The van der Waals surface area contributed by atoms with E-state index in [-0.39, 0.29) is 16.7 Å². The molecule has 1 atom stereocenters. The summed E-state index contributed by atoms with van der Waals surface area (Å²) in [6.07, 6.45) is 2.70. The van der Waals surface area contributed by atoms with E-state index in [9.17, 15) is 9.59 Å². The van der Waals surface area contributed by atoms with Gasteiger partial charge in [-0.05, 0) is 44.4 Å². The maximum atomic E-state index is 13.1. The van der Waals surface area contributed by atoms with Gasteiger partial charge in [-0.1, -0.05) is 25.1 Å². The Hall–Kier alpha value is -1.53. The van der Waals surface area contributed by atoms with E-state index in [4.69, 9.17) is 0 Å². The second kappa shape index (κ2) is 7.61. The van der Waals surface area contributed by atoms with E-state index in [1.54, 1.807) is 18.7 Å². The van der Waals surface area contributed by atoms with Crippen LogP contribution in [-0.4, -0.2) is 58.4 Å². The van der Waals surface area contributed by atoms with Gasteiger partial charge in [-0.15, -0.1) is 11.8 Å². The van der Waals surface area contributed by atoms with Crippen LogP contribution in [0.5, 0.6) is 0 Å². The molecule has 1 unspecified atom stereocenters. The van der Waals surface area contributed by atoms with Crippen molar-refractivity contribution >= 4 is 29.3 Å². The summed E-state index contributed by atoms with van der Waals surface area (Å²) in [7, 11) is 2.11. The van der Waals surface area contributed by atoms with Crippen molar-refractivity contribution in [2.24, 2.45) is 0 Å². The molecular weight excluding hydrogens is 346 g/mol. The van der Waals surface area contributed by atoms with E-state index in [1.807, 2.05) is 30.0 Å². The van der Waals surface area contributed by atoms with E-state index in [2.05, 4.69) is 24.2 Å². The molecule has 142 valence electrons. The van der Waals surface area contributed by atoms with Gasteiger partial charge in [0.05, 0.1) is 4.87 Å². The highest BCUT2D eigenvalue weighted by molar-refractivity contribution is 8.01. The van der Waals surface area contributed by atoms with Gasteiger partial charge in [-0.3, -0.25) is 9.59 Å². The summed E-state index contributed by atoms with van der Waals surface area (Å²) in [4.78, 5) is 29.5. The SMILES string of the molecule is CCc1cccc(C)c1NC(=O)C1CSC2(CCN(C)CC2)N1C(C)=O. The van der Waals surface area contributed by atoms with Gasteiger partial charge >= 0.3 is 0 Å². The average Bonchev–Trinajstić information content (AvgIpc) is 2.99. The van der Waals surface area contributed by atoms with E-state index in [1.165, 1.54) is 0 Å². The van der Waals surface area contributed by atoms with Crippen molar-refractivity contribution in [3.63, 3.8) is 0 Å². The molecule has 2 amide bonds. The molecule has 1 spiro atoms. The summed E-state index contributed by atoms with van der Waals surface area (Å²) < 4.78 is 0. The van der Waals surface area contributed by atoms with E-state index < -0.39 is 6.04 Å². The lowest BCUT2D eigenvalue weighted by atomic mass is 10.0. The molecule has 3 rings (SSSR count). The Balaban J connectivity index is 1.82. The van der Waals surface area contributed by atoms with Crippen LogP contribution < -0.4 is 5.32 Å². The zero-order valence-electron chi connectivity index (χ0n) is 16.2. The van der Waals surface area contributed by atoms with Gasteiger partial charge in [0.2, 0.25) is 11.8 Å². The highest BCUT2D eigenvalue weighted by Crippen LogP contribution is 2.46. The third-order valence-corrected chi connectivity index (χ3v) is 7.28. The molecule has 2 fully saturated rings. The zero-order valence-corrected chi connectivity index (χ0v) is 17.0. The number of nitrogens with zero attached hydrogens (tertiary/aromatic N) is 2. The van der Waals surface area contributed by atoms with Gasteiger partial charge in [-0.2, -0.15) is 0 Å². The first-order chi connectivity index (χ1) is 12.4. The van der Waals surface area contributed by atoms with Crippen LogP contribution in [0.2, 0.25) is 0 Å². The molecule has 0 saturated carbocycles. The van der Waals surface area contributed by atoms with Crippen molar-refractivity contribution < 1.29 is 9.59 Å². The topological polar surface area (TPSA) is 52.7 Å². The molecule has 0 bridgehead atoms. The summed E-state index contributed by atoms with van der Waals surface area (Å²) in [5, 5.41) is 3.13. The lowest BCUT2D eigenvalue weighted by Crippen LogP contribution is -2.56. The predicted octanol–water partition coefficient (Wildman–Crippen LogP) is 2.88. The number of amides is 2. The second-order valence-corrected chi connectivity index (χ2v) is 8.80. The fraction of sp³-hybridized carbons (Fsp3) is 0.600. The Bertz CT molecular complexity index is 698. The van der Waals surface area contributed by atoms with Crippen molar-refractivity contribution in [1.82, 2.24) is 9.80 Å². The third-order valence-electron chi connectivity index (χ3n) is 5.66. The lowest BCUT2D eigenvalue weighted by Gasteiger charge is -2.44. The molecule has 0 radical (unpaired) electrons. The number of thioether (sulfide) groups is 1. The first-order valence-electron chi connectivity index (χ1n) is 9.39. The molecule has 2 aliphatic heterocycles. The van der Waals surface area contributed by atoms with Gasteiger partial charge in [0, 0.05) is 31.5 Å². The minimum absolute atomic E-state index is 0.000187. The Kier molecular flexibility index (Phi) is 5.63. The monoisotopic (exact) mass is 375 g/mol. The van der Waals surface area contributed by atoms with Crippen LogP contribution in [0.4, 0.5) is 5.69 Å². The number of rotatable bonds is 3. The number of piperidine rings is 1. The number of aryl methyl sites for hydroxylation is 2. The van der Waals surface area contributed by atoms with E-state index in [0.29, 0.717) is 5.75 Å². The number of benzene rings is 1. The van der Waals surface area contributed by atoms with Crippen molar-refractivity contribution in [2.45, 2.75) is 50.9 Å².